The molecule has 0 unspecified atom stereocenters. The molecule has 166 valence electrons. The zero-order valence-electron chi connectivity index (χ0n) is 17.2. The Hall–Kier alpha value is -4.14. The molecular weight excluding hydrogens is 436 g/mol. The first-order valence-electron chi connectivity index (χ1n) is 9.87. The van der Waals surface area contributed by atoms with Crippen molar-refractivity contribution in [2.24, 2.45) is 7.05 Å². The number of fused-ring (bicyclic) bond motifs is 2. The second-order valence-corrected chi connectivity index (χ2v) is 7.70. The highest BCUT2D eigenvalue weighted by atomic mass is 19.4. The molecule has 0 aliphatic carbocycles. The smallest absolute Gasteiger partial charge is 0.396 e. The molecule has 3 aromatic heterocycles. The summed E-state index contributed by atoms with van der Waals surface area (Å²) in [5.74, 6) is -1.21. The van der Waals surface area contributed by atoms with E-state index in [2.05, 4.69) is 4.98 Å². The van der Waals surface area contributed by atoms with Crippen LogP contribution in [0, 0.1) is 5.82 Å². The number of nitrogens with zero attached hydrogens (tertiary/aromatic N) is 3. The number of aromatic nitrogens is 3. The fraction of sp³-hybridized carbons (Fsp3) is 0.0833. The van der Waals surface area contributed by atoms with Crippen molar-refractivity contribution in [3.63, 3.8) is 0 Å². The van der Waals surface area contributed by atoms with Gasteiger partial charge >= 0.3 is 6.18 Å². The third-order valence-electron chi connectivity index (χ3n) is 5.65. The minimum Gasteiger partial charge on any atom is -0.396 e. The number of halogens is 4. The number of pyridine rings is 1. The molecule has 5 rings (SSSR count). The number of hydrogen-bond acceptors (Lipinski definition) is 3. The summed E-state index contributed by atoms with van der Waals surface area (Å²) >= 11 is 0. The van der Waals surface area contributed by atoms with Gasteiger partial charge in [-0.25, -0.2) is 9.37 Å². The maximum Gasteiger partial charge on any atom is 0.417 e. The van der Waals surface area contributed by atoms with Gasteiger partial charge in [0.15, 0.2) is 0 Å². The maximum atomic E-state index is 14.0. The molecule has 0 fully saturated rings. The summed E-state index contributed by atoms with van der Waals surface area (Å²) in [5, 5.41) is 0. The van der Waals surface area contributed by atoms with E-state index in [9.17, 15) is 22.4 Å². The summed E-state index contributed by atoms with van der Waals surface area (Å²) in [6, 6.07) is 12.4. The molecule has 0 atom stereocenters. The summed E-state index contributed by atoms with van der Waals surface area (Å²) in [7, 11) is 1.63. The predicted molar refractivity (Wildman–Crippen MR) is 116 cm³/mol. The average Bonchev–Trinajstić information content (AvgIpc) is 3.37. The van der Waals surface area contributed by atoms with Gasteiger partial charge in [-0.3, -0.25) is 4.79 Å². The van der Waals surface area contributed by atoms with Crippen LogP contribution >= 0.6 is 0 Å². The van der Waals surface area contributed by atoms with E-state index in [1.54, 1.807) is 31.4 Å². The van der Waals surface area contributed by atoms with E-state index in [4.69, 9.17) is 5.73 Å². The maximum absolute atomic E-state index is 14.0. The van der Waals surface area contributed by atoms with E-state index in [1.165, 1.54) is 39.6 Å². The van der Waals surface area contributed by atoms with Gasteiger partial charge in [-0.05, 0) is 54.1 Å². The van der Waals surface area contributed by atoms with Crippen LogP contribution in [0.15, 0.2) is 67.1 Å². The topological polar surface area (TPSA) is 65.3 Å². The largest absolute Gasteiger partial charge is 0.417 e. The van der Waals surface area contributed by atoms with Crippen LogP contribution < -0.4 is 5.73 Å². The summed E-state index contributed by atoms with van der Waals surface area (Å²) in [4.78, 5) is 17.2. The highest BCUT2D eigenvalue weighted by Gasteiger charge is 2.35. The number of rotatable bonds is 3. The van der Waals surface area contributed by atoms with Gasteiger partial charge in [0.05, 0.1) is 39.8 Å². The van der Waals surface area contributed by atoms with Crippen molar-refractivity contribution in [3.05, 3.63) is 89.8 Å². The molecule has 0 bridgehead atoms. The van der Waals surface area contributed by atoms with Gasteiger partial charge in [0.25, 0.3) is 0 Å². The quantitative estimate of drug-likeness (QED) is 0.225. The number of carbonyl (C=O) groups excluding carboxylic acids is 1. The number of nitrogen functional groups attached to an aromatic ring is 1. The highest BCUT2D eigenvalue weighted by molar-refractivity contribution is 6.09. The monoisotopic (exact) mass is 452 g/mol. The fourth-order valence-electron chi connectivity index (χ4n) is 4.00. The number of anilines is 1. The molecule has 33 heavy (non-hydrogen) atoms. The SMILES string of the molecule is Cn1cnc2cc(-c3cccn4c(C(=O)c5ccc(N)c(F)c5)ccc34)c(C(F)(F)F)cc21. The normalized spacial score (nSPS) is 12.0. The van der Waals surface area contributed by atoms with Crippen LogP contribution in [0.3, 0.4) is 0 Å². The van der Waals surface area contributed by atoms with Gasteiger partial charge in [-0.2, -0.15) is 13.2 Å². The van der Waals surface area contributed by atoms with Crippen molar-refractivity contribution >= 4 is 28.0 Å². The molecule has 9 heteroatoms. The van der Waals surface area contributed by atoms with E-state index in [-0.39, 0.29) is 22.5 Å². The van der Waals surface area contributed by atoms with Gasteiger partial charge in [0.1, 0.15) is 5.82 Å². The molecular formula is C24H16F4N4O. The zero-order chi connectivity index (χ0) is 23.5. The first-order chi connectivity index (χ1) is 15.6. The van der Waals surface area contributed by atoms with Crippen molar-refractivity contribution in [2.45, 2.75) is 6.18 Å². The second-order valence-electron chi connectivity index (χ2n) is 7.70. The predicted octanol–water partition coefficient (Wildman–Crippen LogP) is 5.46. The number of nitrogens with two attached hydrogens (primary N) is 1. The first-order valence-corrected chi connectivity index (χ1v) is 9.87. The van der Waals surface area contributed by atoms with Crippen LogP contribution in [0.25, 0.3) is 27.7 Å². The first kappa shape index (κ1) is 20.7. The minimum atomic E-state index is -4.60. The highest BCUT2D eigenvalue weighted by Crippen LogP contribution is 2.41. The molecule has 0 aliphatic rings. The molecule has 3 heterocycles. The van der Waals surface area contributed by atoms with Crippen molar-refractivity contribution in [3.8, 4) is 11.1 Å². The summed E-state index contributed by atoms with van der Waals surface area (Å²) in [5.41, 5.74) is 6.28. The summed E-state index contributed by atoms with van der Waals surface area (Å²) in [6.45, 7) is 0. The Morgan fingerprint density at radius 2 is 1.79 bits per heavy atom. The number of ketones is 1. The molecule has 0 saturated heterocycles. The second kappa shape index (κ2) is 7.19. The zero-order valence-corrected chi connectivity index (χ0v) is 17.2. The molecule has 0 amide bonds. The van der Waals surface area contributed by atoms with E-state index in [1.807, 2.05) is 0 Å². The number of benzene rings is 2. The third-order valence-corrected chi connectivity index (χ3v) is 5.65. The van der Waals surface area contributed by atoms with Gasteiger partial charge < -0.3 is 14.7 Å². The lowest BCUT2D eigenvalue weighted by Crippen LogP contribution is -2.09. The minimum absolute atomic E-state index is 0.0464. The van der Waals surface area contributed by atoms with Crippen LogP contribution in [0.5, 0.6) is 0 Å². The summed E-state index contributed by atoms with van der Waals surface area (Å²) in [6.07, 6.45) is -1.57. The van der Waals surface area contributed by atoms with Crippen LogP contribution in [0.1, 0.15) is 21.6 Å². The average molecular weight is 452 g/mol. The lowest BCUT2D eigenvalue weighted by atomic mass is 9.98. The Morgan fingerprint density at radius 3 is 2.52 bits per heavy atom. The number of aryl methyl sites for hydroxylation is 1. The van der Waals surface area contributed by atoms with Crippen molar-refractivity contribution in [1.82, 2.24) is 14.0 Å². The van der Waals surface area contributed by atoms with Crippen LogP contribution in [0.2, 0.25) is 0 Å². The molecule has 0 radical (unpaired) electrons. The van der Waals surface area contributed by atoms with Crippen molar-refractivity contribution in [1.29, 1.82) is 0 Å². The number of carbonyl (C=O) groups is 1. The Bertz CT molecular complexity index is 1560. The standard InChI is InChI=1S/C24H16F4N4O/c1-31-12-30-19-10-15(16(11-22(19)31)24(26,27)28)14-3-2-8-32-20(14)6-7-21(32)23(33)13-4-5-18(29)17(25)9-13/h2-12H,29H2,1H3. The summed E-state index contributed by atoms with van der Waals surface area (Å²) < 4.78 is 58.9. The molecule has 5 nitrogen and oxygen atoms in total. The molecule has 2 aromatic carbocycles. The molecule has 5 aromatic rings. The van der Waals surface area contributed by atoms with Crippen LogP contribution in [-0.4, -0.2) is 19.7 Å². The van der Waals surface area contributed by atoms with E-state index in [0.29, 0.717) is 22.1 Å². The Morgan fingerprint density at radius 1 is 1.00 bits per heavy atom. The van der Waals surface area contributed by atoms with E-state index in [0.717, 1.165) is 12.1 Å². The van der Waals surface area contributed by atoms with Gasteiger partial charge in [0, 0.05) is 24.4 Å². The Labute approximate surface area is 184 Å². The number of imidazole rings is 1. The van der Waals surface area contributed by atoms with Crippen molar-refractivity contribution in [2.75, 3.05) is 5.73 Å². The van der Waals surface area contributed by atoms with E-state index >= 15 is 0 Å². The molecule has 0 spiro atoms. The van der Waals surface area contributed by atoms with Crippen molar-refractivity contribution < 1.29 is 22.4 Å². The van der Waals surface area contributed by atoms with Gasteiger partial charge in [-0.15, -0.1) is 0 Å². The van der Waals surface area contributed by atoms with Gasteiger partial charge in [0.2, 0.25) is 5.78 Å². The molecule has 2 N–H and O–H groups in total. The number of alkyl halides is 3. The Kier molecular flexibility index (Phi) is 4.52. The number of hydrogen-bond donors (Lipinski definition) is 1. The van der Waals surface area contributed by atoms with E-state index < -0.39 is 23.3 Å². The van der Waals surface area contributed by atoms with Crippen LogP contribution in [-0.2, 0) is 13.2 Å². The lowest BCUT2D eigenvalue weighted by molar-refractivity contribution is -0.137. The fourth-order valence-corrected chi connectivity index (χ4v) is 4.00. The molecule has 0 saturated carbocycles. The van der Waals surface area contributed by atoms with Gasteiger partial charge in [-0.1, -0.05) is 6.07 Å². The Balaban J connectivity index is 1.71. The molecule has 0 aliphatic heterocycles. The lowest BCUT2D eigenvalue weighted by Gasteiger charge is -2.15. The third kappa shape index (κ3) is 3.32. The van der Waals surface area contributed by atoms with Crippen LogP contribution in [0.4, 0.5) is 23.2 Å².